The van der Waals surface area contributed by atoms with Gasteiger partial charge >= 0.3 is 0 Å². The molecule has 96 valence electrons. The van der Waals surface area contributed by atoms with Gasteiger partial charge in [-0.25, -0.2) is 0 Å². The van der Waals surface area contributed by atoms with Crippen molar-refractivity contribution < 1.29 is 9.59 Å². The van der Waals surface area contributed by atoms with Crippen molar-refractivity contribution in [3.63, 3.8) is 0 Å². The Morgan fingerprint density at radius 1 is 1.28 bits per heavy atom. The molecule has 0 aliphatic carbocycles. The van der Waals surface area contributed by atoms with Gasteiger partial charge in [0, 0.05) is 16.9 Å². The first-order valence-corrected chi connectivity index (χ1v) is 6.88. The van der Waals surface area contributed by atoms with Crippen molar-refractivity contribution in [1.82, 2.24) is 5.32 Å². The van der Waals surface area contributed by atoms with Gasteiger partial charge in [0.05, 0.1) is 0 Å². The molecule has 18 heavy (non-hydrogen) atoms. The van der Waals surface area contributed by atoms with Gasteiger partial charge in [0.2, 0.25) is 5.91 Å². The first kappa shape index (κ1) is 14.5. The highest BCUT2D eigenvalue weighted by atomic mass is 32.2. The Morgan fingerprint density at radius 3 is 2.39 bits per heavy atom. The van der Waals surface area contributed by atoms with Crippen molar-refractivity contribution in [3.8, 4) is 0 Å². The molecule has 1 aromatic carbocycles. The average molecular weight is 263 g/mol. The number of hydrogen-bond acceptors (Lipinski definition) is 3. The molecule has 0 unspecified atom stereocenters. The molecule has 0 radical (unpaired) electrons. The molecule has 1 N–H and O–H groups in total. The minimum atomic E-state index is -0.405. The second kappa shape index (κ2) is 7.01. The molecular weight excluding hydrogens is 246 g/mol. The minimum absolute atomic E-state index is 0.267. The lowest BCUT2D eigenvalue weighted by Crippen LogP contribution is -2.30. The Balaban J connectivity index is 2.42. The summed E-state index contributed by atoms with van der Waals surface area (Å²) in [5, 5.41) is 2.29. The lowest BCUT2D eigenvalue weighted by Gasteiger charge is -2.04. The van der Waals surface area contributed by atoms with E-state index in [1.165, 1.54) is 4.90 Å². The Labute approximate surface area is 112 Å². The molecule has 0 saturated heterocycles. The van der Waals surface area contributed by atoms with Crippen molar-refractivity contribution in [3.05, 3.63) is 42.0 Å². The van der Waals surface area contributed by atoms with E-state index < -0.39 is 5.91 Å². The Morgan fingerprint density at radius 2 is 1.89 bits per heavy atom. The van der Waals surface area contributed by atoms with Crippen LogP contribution in [0.4, 0.5) is 0 Å². The molecule has 0 spiro atoms. The molecule has 4 heteroatoms. The number of carbonyl (C=O) groups excluding carboxylic acids is 2. The van der Waals surface area contributed by atoms with Crippen LogP contribution in [-0.4, -0.2) is 18.1 Å². The number of amides is 2. The third-order valence-corrected chi connectivity index (χ3v) is 3.18. The quantitative estimate of drug-likeness (QED) is 0.656. The lowest BCUT2D eigenvalue weighted by molar-refractivity contribution is -0.128. The summed E-state index contributed by atoms with van der Waals surface area (Å²) in [4.78, 5) is 23.9. The van der Waals surface area contributed by atoms with Gasteiger partial charge < -0.3 is 0 Å². The van der Waals surface area contributed by atoms with Crippen LogP contribution in [0.1, 0.15) is 18.9 Å². The summed E-state index contributed by atoms with van der Waals surface area (Å²) in [6, 6.07) is 8.05. The monoisotopic (exact) mass is 263 g/mol. The van der Waals surface area contributed by atoms with Crippen LogP contribution < -0.4 is 5.32 Å². The summed E-state index contributed by atoms with van der Waals surface area (Å²) in [6.07, 6.45) is 2.95. The summed E-state index contributed by atoms with van der Waals surface area (Å²) < 4.78 is 0. The lowest BCUT2D eigenvalue weighted by atomic mass is 10.1. The third-order valence-electron chi connectivity index (χ3n) is 2.44. The summed E-state index contributed by atoms with van der Waals surface area (Å²) in [5.41, 5.74) is 1.43. The maximum absolute atomic E-state index is 11.5. The third kappa shape index (κ3) is 4.75. The molecular formula is C14H17NO2S. The van der Waals surface area contributed by atoms with E-state index in [1.54, 1.807) is 18.7 Å². The van der Waals surface area contributed by atoms with Crippen molar-refractivity contribution in [2.24, 2.45) is 0 Å². The highest BCUT2D eigenvalue weighted by molar-refractivity contribution is 7.98. The van der Waals surface area contributed by atoms with Crippen molar-refractivity contribution >= 4 is 23.6 Å². The summed E-state index contributed by atoms with van der Waals surface area (Å²) >= 11 is 1.68. The molecule has 0 atom stereocenters. The molecule has 3 nitrogen and oxygen atoms in total. The molecule has 0 aromatic heterocycles. The zero-order valence-electron chi connectivity index (χ0n) is 10.7. The molecule has 0 heterocycles. The normalized spacial score (nSPS) is 9.89. The summed E-state index contributed by atoms with van der Waals surface area (Å²) in [6.45, 7) is 5.05. The fraction of sp³-hybridized carbons (Fsp3) is 0.286. The van der Waals surface area contributed by atoms with E-state index in [1.807, 2.05) is 30.5 Å². The highest BCUT2D eigenvalue weighted by Crippen LogP contribution is 2.15. The average Bonchev–Trinajstić information content (AvgIpc) is 2.36. The fourth-order valence-electron chi connectivity index (χ4n) is 1.35. The predicted molar refractivity (Wildman–Crippen MR) is 74.5 cm³/mol. The number of imide groups is 1. The van der Waals surface area contributed by atoms with Crippen LogP contribution in [0, 0.1) is 0 Å². The van der Waals surface area contributed by atoms with Crippen LogP contribution >= 0.6 is 11.8 Å². The van der Waals surface area contributed by atoms with Crippen LogP contribution in [0.3, 0.4) is 0 Å². The van der Waals surface area contributed by atoms with Crippen LogP contribution in [0.15, 0.2) is 41.3 Å². The van der Waals surface area contributed by atoms with E-state index in [0.717, 1.165) is 5.56 Å². The number of hydrogen-bond donors (Lipinski definition) is 1. The number of aryl methyl sites for hydroxylation is 1. The first-order valence-electron chi connectivity index (χ1n) is 5.65. The van der Waals surface area contributed by atoms with Gasteiger partial charge in [0.25, 0.3) is 5.91 Å². The van der Waals surface area contributed by atoms with Crippen molar-refractivity contribution in [2.75, 3.05) is 6.26 Å². The molecule has 1 rings (SSSR count). The van der Waals surface area contributed by atoms with Gasteiger partial charge in [-0.2, -0.15) is 0 Å². The van der Waals surface area contributed by atoms with E-state index in [0.29, 0.717) is 18.4 Å². The number of thioether (sulfide) groups is 1. The first-order chi connectivity index (χ1) is 8.52. The topological polar surface area (TPSA) is 46.2 Å². The Bertz CT molecular complexity index is 451. The molecule has 0 fully saturated rings. The van der Waals surface area contributed by atoms with Gasteiger partial charge in [0.15, 0.2) is 0 Å². The fourth-order valence-corrected chi connectivity index (χ4v) is 1.75. The van der Waals surface area contributed by atoms with E-state index in [-0.39, 0.29) is 5.91 Å². The number of nitrogens with one attached hydrogen (secondary N) is 1. The zero-order valence-corrected chi connectivity index (χ0v) is 11.5. The van der Waals surface area contributed by atoms with Crippen LogP contribution in [0.5, 0.6) is 0 Å². The van der Waals surface area contributed by atoms with Crippen LogP contribution in [0.2, 0.25) is 0 Å². The van der Waals surface area contributed by atoms with E-state index >= 15 is 0 Å². The Hall–Kier alpha value is -1.55. The maximum atomic E-state index is 11.5. The van der Waals surface area contributed by atoms with Gasteiger partial charge in [-0.15, -0.1) is 11.8 Å². The largest absolute Gasteiger partial charge is 0.293 e. The van der Waals surface area contributed by atoms with Gasteiger partial charge in [-0.3, -0.25) is 14.9 Å². The molecule has 0 bridgehead atoms. The maximum Gasteiger partial charge on any atom is 0.252 e. The number of benzene rings is 1. The summed E-state index contributed by atoms with van der Waals surface area (Å²) in [5.74, 6) is -0.672. The standard InChI is InChI=1S/C14H17NO2S/c1-10(2)14(17)15-13(16)9-6-11-4-7-12(18-3)8-5-11/h4-5,7-8H,1,6,9H2,2-3H3,(H,15,16,17). The number of rotatable bonds is 5. The second-order valence-corrected chi connectivity index (χ2v) is 4.89. The second-order valence-electron chi connectivity index (χ2n) is 4.01. The van der Waals surface area contributed by atoms with E-state index in [9.17, 15) is 9.59 Å². The van der Waals surface area contributed by atoms with Gasteiger partial charge in [0.1, 0.15) is 0 Å². The highest BCUT2D eigenvalue weighted by Gasteiger charge is 2.08. The molecule has 2 amide bonds. The zero-order chi connectivity index (χ0) is 13.5. The molecule has 0 aliphatic rings. The molecule has 1 aromatic rings. The summed E-state index contributed by atoms with van der Waals surface area (Å²) in [7, 11) is 0. The van der Waals surface area contributed by atoms with Crippen molar-refractivity contribution in [1.29, 1.82) is 0 Å². The SMILES string of the molecule is C=C(C)C(=O)NC(=O)CCc1ccc(SC)cc1. The number of carbonyl (C=O) groups is 2. The van der Waals surface area contributed by atoms with Gasteiger partial charge in [-0.1, -0.05) is 18.7 Å². The molecule has 0 saturated carbocycles. The van der Waals surface area contributed by atoms with E-state index in [4.69, 9.17) is 0 Å². The minimum Gasteiger partial charge on any atom is -0.293 e. The van der Waals surface area contributed by atoms with Crippen LogP contribution in [-0.2, 0) is 16.0 Å². The van der Waals surface area contributed by atoms with Crippen molar-refractivity contribution in [2.45, 2.75) is 24.7 Å². The predicted octanol–water partition coefficient (Wildman–Crippen LogP) is 2.56. The smallest absolute Gasteiger partial charge is 0.252 e. The van der Waals surface area contributed by atoms with Gasteiger partial charge in [-0.05, 0) is 37.3 Å². The molecule has 0 aliphatic heterocycles. The van der Waals surface area contributed by atoms with E-state index in [2.05, 4.69) is 11.9 Å². The van der Waals surface area contributed by atoms with Crippen LogP contribution in [0.25, 0.3) is 0 Å². The Kier molecular flexibility index (Phi) is 5.65.